The summed E-state index contributed by atoms with van der Waals surface area (Å²) in [6.07, 6.45) is 2.86. The quantitative estimate of drug-likeness (QED) is 0.0469. The average Bonchev–Trinajstić information content (AvgIpc) is 2.97. The molecule has 0 heterocycles. The Balaban J connectivity index is 1.29. The summed E-state index contributed by atoms with van der Waals surface area (Å²) in [7, 11) is 0. The SMILES string of the molecule is Nc1cc(N)c(CCCCCCCOc2ccc(/C=C/C(=O)Oc3ccc(OCCCC(F)(F)F)cc3)cc2)c(C(=O)O)c1. The van der Waals surface area contributed by atoms with Crippen molar-refractivity contribution in [2.45, 2.75) is 57.5 Å². The Morgan fingerprint density at radius 1 is 0.773 bits per heavy atom. The first-order chi connectivity index (χ1) is 21.0. The van der Waals surface area contributed by atoms with Crippen LogP contribution in [0.5, 0.6) is 17.2 Å². The lowest BCUT2D eigenvalue weighted by molar-refractivity contribution is -0.136. The number of nitrogens with two attached hydrogens (primary N) is 2. The van der Waals surface area contributed by atoms with Crippen molar-refractivity contribution in [3.05, 3.63) is 83.4 Å². The molecule has 3 aromatic rings. The first-order valence-corrected chi connectivity index (χ1v) is 14.3. The van der Waals surface area contributed by atoms with Gasteiger partial charge in [-0.15, -0.1) is 0 Å². The number of ether oxygens (including phenoxy) is 3. The van der Waals surface area contributed by atoms with E-state index in [1.165, 1.54) is 36.4 Å². The van der Waals surface area contributed by atoms with Gasteiger partial charge in [-0.25, -0.2) is 9.59 Å². The predicted octanol–water partition coefficient (Wildman–Crippen LogP) is 7.46. The molecule has 11 heteroatoms. The fourth-order valence-corrected chi connectivity index (χ4v) is 4.37. The lowest BCUT2D eigenvalue weighted by Crippen LogP contribution is -2.09. The molecule has 8 nitrogen and oxygen atoms in total. The molecule has 0 amide bonds. The van der Waals surface area contributed by atoms with Gasteiger partial charge in [0.25, 0.3) is 0 Å². The van der Waals surface area contributed by atoms with Crippen molar-refractivity contribution >= 4 is 29.4 Å². The zero-order chi connectivity index (χ0) is 32.0. The number of unbranched alkanes of at least 4 members (excludes halogenated alkanes) is 4. The van der Waals surface area contributed by atoms with Crippen LogP contribution in [-0.2, 0) is 11.2 Å². The first-order valence-electron chi connectivity index (χ1n) is 14.3. The van der Waals surface area contributed by atoms with Gasteiger partial charge in [-0.2, -0.15) is 13.2 Å². The Morgan fingerprint density at radius 2 is 1.34 bits per heavy atom. The zero-order valence-corrected chi connectivity index (χ0v) is 24.3. The molecule has 3 rings (SSSR count). The van der Waals surface area contributed by atoms with Crippen molar-refractivity contribution in [1.82, 2.24) is 0 Å². The second kappa shape index (κ2) is 16.8. The van der Waals surface area contributed by atoms with Gasteiger partial charge in [0.05, 0.1) is 18.8 Å². The van der Waals surface area contributed by atoms with E-state index in [1.54, 1.807) is 12.1 Å². The maximum absolute atomic E-state index is 12.2. The largest absolute Gasteiger partial charge is 0.494 e. The third kappa shape index (κ3) is 12.3. The van der Waals surface area contributed by atoms with Crippen LogP contribution in [0.15, 0.2) is 66.7 Å². The molecule has 0 saturated heterocycles. The Labute approximate surface area is 254 Å². The van der Waals surface area contributed by atoms with Gasteiger partial charge in [-0.1, -0.05) is 31.4 Å². The van der Waals surface area contributed by atoms with E-state index in [2.05, 4.69) is 0 Å². The molecule has 0 aliphatic carbocycles. The molecule has 0 radical (unpaired) electrons. The number of carboxylic acid groups (broad SMARTS) is 1. The number of carbonyl (C=O) groups excluding carboxylic acids is 1. The molecule has 0 bridgehead atoms. The number of alkyl halides is 3. The van der Waals surface area contributed by atoms with Crippen molar-refractivity contribution in [3.8, 4) is 17.2 Å². The molecule has 0 unspecified atom stereocenters. The van der Waals surface area contributed by atoms with E-state index in [1.807, 2.05) is 24.3 Å². The van der Waals surface area contributed by atoms with Crippen LogP contribution < -0.4 is 25.7 Å². The third-order valence-corrected chi connectivity index (χ3v) is 6.58. The monoisotopic (exact) mass is 614 g/mol. The van der Waals surface area contributed by atoms with Gasteiger partial charge in [-0.3, -0.25) is 0 Å². The number of halogens is 3. The van der Waals surface area contributed by atoms with Crippen molar-refractivity contribution in [1.29, 1.82) is 0 Å². The van der Waals surface area contributed by atoms with Crippen molar-refractivity contribution in [3.63, 3.8) is 0 Å². The predicted molar refractivity (Wildman–Crippen MR) is 163 cm³/mol. The van der Waals surface area contributed by atoms with Gasteiger partial charge in [-0.05, 0) is 91.4 Å². The number of esters is 1. The normalized spacial score (nSPS) is 11.4. The minimum absolute atomic E-state index is 0.0617. The lowest BCUT2D eigenvalue weighted by atomic mass is 9.98. The minimum Gasteiger partial charge on any atom is -0.494 e. The molecule has 0 aliphatic rings. The highest BCUT2D eigenvalue weighted by molar-refractivity contribution is 5.92. The van der Waals surface area contributed by atoms with Crippen LogP contribution >= 0.6 is 0 Å². The second-order valence-corrected chi connectivity index (χ2v) is 10.2. The highest BCUT2D eigenvalue weighted by Crippen LogP contribution is 2.25. The van der Waals surface area contributed by atoms with E-state index < -0.39 is 24.5 Å². The van der Waals surface area contributed by atoms with E-state index in [0.717, 1.165) is 37.7 Å². The fraction of sp³-hybridized carbons (Fsp3) is 0.333. The molecule has 236 valence electrons. The molecule has 0 spiro atoms. The number of carboxylic acids is 1. The smallest absolute Gasteiger partial charge is 0.389 e. The molecular weight excluding hydrogens is 577 g/mol. The molecule has 0 atom stereocenters. The number of benzene rings is 3. The van der Waals surface area contributed by atoms with Crippen LogP contribution in [0.3, 0.4) is 0 Å². The first kappa shape index (κ1) is 33.8. The van der Waals surface area contributed by atoms with Gasteiger partial charge in [0.15, 0.2) is 0 Å². The van der Waals surface area contributed by atoms with E-state index in [-0.39, 0.29) is 24.3 Å². The van der Waals surface area contributed by atoms with Crippen molar-refractivity contribution in [2.75, 3.05) is 24.7 Å². The van der Waals surface area contributed by atoms with E-state index in [0.29, 0.717) is 41.5 Å². The van der Waals surface area contributed by atoms with Crippen molar-refractivity contribution in [2.24, 2.45) is 0 Å². The number of carbonyl (C=O) groups is 2. The maximum Gasteiger partial charge on any atom is 0.389 e. The summed E-state index contributed by atoms with van der Waals surface area (Å²) in [4.78, 5) is 23.6. The zero-order valence-electron chi connectivity index (χ0n) is 24.3. The highest BCUT2D eigenvalue weighted by Gasteiger charge is 2.26. The number of aromatic carboxylic acids is 1. The summed E-state index contributed by atoms with van der Waals surface area (Å²) < 4.78 is 52.9. The van der Waals surface area contributed by atoms with Crippen LogP contribution in [0.1, 0.15) is 66.4 Å². The summed E-state index contributed by atoms with van der Waals surface area (Å²) in [5, 5.41) is 9.40. The summed E-state index contributed by atoms with van der Waals surface area (Å²) in [6, 6.07) is 16.4. The topological polar surface area (TPSA) is 134 Å². The molecule has 0 aliphatic heterocycles. The van der Waals surface area contributed by atoms with Gasteiger partial charge in [0.1, 0.15) is 17.2 Å². The van der Waals surface area contributed by atoms with Gasteiger partial charge in [0, 0.05) is 23.9 Å². The van der Waals surface area contributed by atoms with Crippen molar-refractivity contribution < 1.29 is 42.1 Å². The maximum atomic E-state index is 12.2. The summed E-state index contributed by atoms with van der Waals surface area (Å²) in [5.41, 5.74) is 14.0. The number of rotatable bonds is 17. The highest BCUT2D eigenvalue weighted by atomic mass is 19.4. The number of nitrogen functional groups attached to an aromatic ring is 2. The average molecular weight is 615 g/mol. The van der Waals surface area contributed by atoms with Crippen LogP contribution in [0.4, 0.5) is 24.5 Å². The molecule has 3 aromatic carbocycles. The Morgan fingerprint density at radius 3 is 1.98 bits per heavy atom. The standard InChI is InChI=1S/C33H37F3N2O6/c34-33(35,36)18-6-20-43-26-13-15-27(16-14-26)44-31(39)17-10-23-8-11-25(12-9-23)42-19-5-3-1-2-4-7-28-29(32(40)41)21-24(37)22-30(28)38/h8-17,21-22H,1-7,18-20,37-38H2,(H,40,41)/b17-10+. The van der Waals surface area contributed by atoms with E-state index >= 15 is 0 Å². The molecule has 0 saturated carbocycles. The van der Waals surface area contributed by atoms with Gasteiger partial charge < -0.3 is 30.8 Å². The lowest BCUT2D eigenvalue weighted by Gasteiger charge is -2.11. The van der Waals surface area contributed by atoms with Gasteiger partial charge >= 0.3 is 18.1 Å². The Bertz CT molecular complexity index is 1390. The van der Waals surface area contributed by atoms with Crippen LogP contribution in [0.25, 0.3) is 6.08 Å². The Kier molecular flexibility index (Phi) is 12.9. The number of anilines is 2. The molecule has 0 fully saturated rings. The second-order valence-electron chi connectivity index (χ2n) is 10.2. The molecular formula is C33H37F3N2O6. The van der Waals surface area contributed by atoms with E-state index in [9.17, 15) is 27.9 Å². The minimum atomic E-state index is -4.21. The number of hydrogen-bond donors (Lipinski definition) is 3. The third-order valence-electron chi connectivity index (χ3n) is 6.58. The molecule has 44 heavy (non-hydrogen) atoms. The van der Waals surface area contributed by atoms with Crippen LogP contribution in [0.2, 0.25) is 0 Å². The Hall–Kier alpha value is -4.67. The molecule has 5 N–H and O–H groups in total. The fourth-order valence-electron chi connectivity index (χ4n) is 4.37. The van der Waals surface area contributed by atoms with Gasteiger partial charge in [0.2, 0.25) is 0 Å². The number of hydrogen-bond acceptors (Lipinski definition) is 7. The van der Waals surface area contributed by atoms with Crippen LogP contribution in [0, 0.1) is 0 Å². The summed E-state index contributed by atoms with van der Waals surface area (Å²) in [5.74, 6) is -0.224. The van der Waals surface area contributed by atoms with Crippen LogP contribution in [-0.4, -0.2) is 36.4 Å². The van der Waals surface area contributed by atoms with E-state index in [4.69, 9.17) is 25.7 Å². The summed E-state index contributed by atoms with van der Waals surface area (Å²) in [6.45, 7) is 0.501. The summed E-state index contributed by atoms with van der Waals surface area (Å²) >= 11 is 0. The molecule has 0 aromatic heterocycles.